The van der Waals surface area contributed by atoms with E-state index in [1.807, 2.05) is 36.9 Å². The predicted molar refractivity (Wildman–Crippen MR) is 93.5 cm³/mol. The maximum atomic E-state index is 12.9. The zero-order valence-electron chi connectivity index (χ0n) is 14.8. The van der Waals surface area contributed by atoms with Crippen LogP contribution in [0.5, 0.6) is 5.75 Å². The van der Waals surface area contributed by atoms with Crippen LogP contribution in [0.2, 0.25) is 0 Å². The van der Waals surface area contributed by atoms with Gasteiger partial charge in [0.15, 0.2) is 0 Å². The smallest absolute Gasteiger partial charge is 0.317 e. The molecule has 6 nitrogen and oxygen atoms in total. The summed E-state index contributed by atoms with van der Waals surface area (Å²) < 4.78 is 5.33. The van der Waals surface area contributed by atoms with E-state index < -0.39 is 0 Å². The monoisotopic (exact) mass is 333 g/mol. The van der Waals surface area contributed by atoms with Crippen molar-refractivity contribution in [1.82, 2.24) is 15.1 Å². The van der Waals surface area contributed by atoms with Crippen LogP contribution in [0.3, 0.4) is 0 Å². The average molecular weight is 333 g/mol. The number of urea groups is 1. The second-order valence-electron chi connectivity index (χ2n) is 6.07. The number of hydrogen-bond acceptors (Lipinski definition) is 3. The van der Waals surface area contributed by atoms with Crippen LogP contribution < -0.4 is 10.1 Å². The van der Waals surface area contributed by atoms with E-state index >= 15 is 0 Å². The zero-order chi connectivity index (χ0) is 17.5. The highest BCUT2D eigenvalue weighted by Gasteiger charge is 2.24. The summed E-state index contributed by atoms with van der Waals surface area (Å²) in [5, 5.41) is 2.89. The standard InChI is InChI=1S/C18H27N3O3/c1-4-8-19-18(23)21-10-5-9-20(11-12-21)17(22)15-13-14(2)6-7-16(15)24-3/h6-7,13H,4-5,8-12H2,1-3H3,(H,19,23). The number of benzene rings is 1. The van der Waals surface area contributed by atoms with Crippen LogP contribution in [0.1, 0.15) is 35.7 Å². The molecule has 0 aliphatic carbocycles. The average Bonchev–Trinajstić information content (AvgIpc) is 2.85. The summed E-state index contributed by atoms with van der Waals surface area (Å²) in [6.45, 7) is 7.07. The van der Waals surface area contributed by atoms with Gasteiger partial charge in [-0.2, -0.15) is 0 Å². The molecular formula is C18H27N3O3. The molecule has 0 unspecified atom stereocenters. The molecule has 2 rings (SSSR count). The van der Waals surface area contributed by atoms with E-state index in [0.717, 1.165) is 18.4 Å². The molecule has 0 atom stereocenters. The Hall–Kier alpha value is -2.24. The van der Waals surface area contributed by atoms with Gasteiger partial charge in [-0.1, -0.05) is 18.6 Å². The summed E-state index contributed by atoms with van der Waals surface area (Å²) in [6.07, 6.45) is 1.69. The van der Waals surface area contributed by atoms with Gasteiger partial charge in [0.05, 0.1) is 12.7 Å². The Kier molecular flexibility index (Phi) is 6.46. The second kappa shape index (κ2) is 8.57. The first-order valence-electron chi connectivity index (χ1n) is 8.53. The van der Waals surface area contributed by atoms with Crippen molar-refractivity contribution in [3.63, 3.8) is 0 Å². The molecule has 1 aliphatic rings. The third-order valence-corrected chi connectivity index (χ3v) is 4.18. The molecule has 0 bridgehead atoms. The van der Waals surface area contributed by atoms with E-state index in [9.17, 15) is 9.59 Å². The number of methoxy groups -OCH3 is 1. The minimum absolute atomic E-state index is 0.0358. The van der Waals surface area contributed by atoms with E-state index in [2.05, 4.69) is 5.32 Å². The number of amides is 3. The predicted octanol–water partition coefficient (Wildman–Crippen LogP) is 2.27. The molecule has 0 saturated carbocycles. The summed E-state index contributed by atoms with van der Waals surface area (Å²) in [4.78, 5) is 28.6. The molecule has 0 radical (unpaired) electrons. The fourth-order valence-corrected chi connectivity index (χ4v) is 2.83. The first-order chi connectivity index (χ1) is 11.6. The van der Waals surface area contributed by atoms with Crippen molar-refractivity contribution in [2.45, 2.75) is 26.7 Å². The highest BCUT2D eigenvalue weighted by molar-refractivity contribution is 5.97. The van der Waals surface area contributed by atoms with Gasteiger partial charge in [0.25, 0.3) is 5.91 Å². The molecule has 132 valence electrons. The van der Waals surface area contributed by atoms with Crippen LogP contribution in [0.15, 0.2) is 18.2 Å². The van der Waals surface area contributed by atoms with Crippen molar-refractivity contribution >= 4 is 11.9 Å². The van der Waals surface area contributed by atoms with Crippen molar-refractivity contribution in [3.8, 4) is 5.75 Å². The Balaban J connectivity index is 2.04. The number of carbonyl (C=O) groups excluding carboxylic acids is 2. The van der Waals surface area contributed by atoms with E-state index in [-0.39, 0.29) is 11.9 Å². The fraction of sp³-hybridized carbons (Fsp3) is 0.556. The van der Waals surface area contributed by atoms with Gasteiger partial charge in [-0.25, -0.2) is 4.79 Å². The van der Waals surface area contributed by atoms with E-state index in [4.69, 9.17) is 4.74 Å². The lowest BCUT2D eigenvalue weighted by atomic mass is 10.1. The normalized spacial score (nSPS) is 15.0. The number of rotatable bonds is 4. The zero-order valence-corrected chi connectivity index (χ0v) is 14.8. The minimum Gasteiger partial charge on any atom is -0.496 e. The van der Waals surface area contributed by atoms with Crippen LogP contribution in [0.25, 0.3) is 0 Å². The number of hydrogen-bond donors (Lipinski definition) is 1. The highest BCUT2D eigenvalue weighted by atomic mass is 16.5. The molecular weight excluding hydrogens is 306 g/mol. The molecule has 24 heavy (non-hydrogen) atoms. The first-order valence-corrected chi connectivity index (χ1v) is 8.53. The SMILES string of the molecule is CCCNC(=O)N1CCCN(C(=O)c2cc(C)ccc2OC)CC1. The van der Waals surface area contributed by atoms with Crippen molar-refractivity contribution in [1.29, 1.82) is 0 Å². The number of carbonyl (C=O) groups is 2. The Morgan fingerprint density at radius 3 is 2.58 bits per heavy atom. The van der Waals surface area contributed by atoms with Crippen LogP contribution in [0, 0.1) is 6.92 Å². The molecule has 1 aliphatic heterocycles. The largest absolute Gasteiger partial charge is 0.496 e. The fourth-order valence-electron chi connectivity index (χ4n) is 2.83. The lowest BCUT2D eigenvalue weighted by Crippen LogP contribution is -2.42. The van der Waals surface area contributed by atoms with Crippen molar-refractivity contribution in [2.24, 2.45) is 0 Å². The summed E-state index contributed by atoms with van der Waals surface area (Å²) in [5.41, 5.74) is 1.61. The van der Waals surface area contributed by atoms with E-state index in [1.165, 1.54) is 0 Å². The third kappa shape index (κ3) is 4.40. The summed E-state index contributed by atoms with van der Waals surface area (Å²) >= 11 is 0. The second-order valence-corrected chi connectivity index (χ2v) is 6.07. The molecule has 3 amide bonds. The van der Waals surface area contributed by atoms with Crippen molar-refractivity contribution in [2.75, 3.05) is 39.8 Å². The quantitative estimate of drug-likeness (QED) is 0.919. The van der Waals surface area contributed by atoms with E-state index in [1.54, 1.807) is 12.0 Å². The molecule has 1 fully saturated rings. The van der Waals surface area contributed by atoms with Gasteiger partial charge < -0.3 is 19.9 Å². The Morgan fingerprint density at radius 1 is 1.17 bits per heavy atom. The number of ether oxygens (including phenoxy) is 1. The Bertz CT molecular complexity index is 589. The van der Waals surface area contributed by atoms with E-state index in [0.29, 0.717) is 44.0 Å². The molecule has 0 aromatic heterocycles. The first kappa shape index (κ1) is 18.1. The van der Waals surface area contributed by atoms with Crippen LogP contribution >= 0.6 is 0 Å². The van der Waals surface area contributed by atoms with Gasteiger partial charge in [-0.05, 0) is 31.9 Å². The molecule has 1 aromatic carbocycles. The molecule has 1 saturated heterocycles. The summed E-state index contributed by atoms with van der Waals surface area (Å²) in [5.74, 6) is 0.554. The van der Waals surface area contributed by atoms with Gasteiger partial charge >= 0.3 is 6.03 Å². The molecule has 1 N–H and O–H groups in total. The number of aryl methyl sites for hydroxylation is 1. The summed E-state index contributed by atoms with van der Waals surface area (Å²) in [7, 11) is 1.57. The van der Waals surface area contributed by atoms with Crippen LogP contribution in [0.4, 0.5) is 4.79 Å². The topological polar surface area (TPSA) is 61.9 Å². The number of nitrogens with zero attached hydrogens (tertiary/aromatic N) is 2. The highest BCUT2D eigenvalue weighted by Crippen LogP contribution is 2.22. The molecule has 6 heteroatoms. The Labute approximate surface area is 143 Å². The lowest BCUT2D eigenvalue weighted by Gasteiger charge is -2.23. The lowest BCUT2D eigenvalue weighted by molar-refractivity contribution is 0.0759. The van der Waals surface area contributed by atoms with Gasteiger partial charge in [0.1, 0.15) is 5.75 Å². The molecule has 0 spiro atoms. The van der Waals surface area contributed by atoms with Crippen molar-refractivity contribution in [3.05, 3.63) is 29.3 Å². The van der Waals surface area contributed by atoms with Gasteiger partial charge in [0, 0.05) is 32.7 Å². The van der Waals surface area contributed by atoms with Gasteiger partial charge in [0.2, 0.25) is 0 Å². The van der Waals surface area contributed by atoms with Gasteiger partial charge in [-0.15, -0.1) is 0 Å². The number of nitrogens with one attached hydrogen (secondary N) is 1. The van der Waals surface area contributed by atoms with Crippen molar-refractivity contribution < 1.29 is 14.3 Å². The van der Waals surface area contributed by atoms with Gasteiger partial charge in [-0.3, -0.25) is 4.79 Å². The van der Waals surface area contributed by atoms with Crippen LogP contribution in [-0.2, 0) is 0 Å². The summed E-state index contributed by atoms with van der Waals surface area (Å²) in [6, 6.07) is 5.57. The Morgan fingerprint density at radius 2 is 1.88 bits per heavy atom. The minimum atomic E-state index is -0.0423. The molecule has 1 aromatic rings. The molecule has 1 heterocycles. The maximum Gasteiger partial charge on any atom is 0.317 e. The maximum absolute atomic E-state index is 12.9. The van der Waals surface area contributed by atoms with Crippen LogP contribution in [-0.4, -0.2) is 61.6 Å². The third-order valence-electron chi connectivity index (χ3n) is 4.18.